The van der Waals surface area contributed by atoms with Crippen molar-refractivity contribution >= 4 is 15.0 Å². The largest absolute Gasteiger partial charge is 0.668 e. The molecule has 7 heteroatoms. The lowest BCUT2D eigenvalue weighted by molar-refractivity contribution is -0.137. The van der Waals surface area contributed by atoms with E-state index >= 15 is 0 Å². The minimum atomic E-state index is -4.61. The summed E-state index contributed by atoms with van der Waals surface area (Å²) < 4.78 is 0. The monoisotopic (exact) mass is 198 g/mol. The van der Waals surface area contributed by atoms with Gasteiger partial charge >= 0.3 is 15.0 Å². The Bertz CT molecular complexity index is 122. The van der Waals surface area contributed by atoms with E-state index in [2.05, 4.69) is 0 Å². The fourth-order valence-corrected chi connectivity index (χ4v) is 0.349. The molecule has 0 amide bonds. The molecular weight excluding hydrogens is 184 g/mol. The second kappa shape index (κ2) is 6.09. The Balaban J connectivity index is 0. The number of carbonyl (C=O) groups is 1. The van der Waals surface area contributed by atoms with Gasteiger partial charge in [0.1, 0.15) is 0 Å². The maximum Gasteiger partial charge on any atom is 0.668 e. The molecule has 0 aromatic carbocycles. The highest BCUT2D eigenvalue weighted by atomic mass is 28.4. The molecule has 0 aliphatic carbocycles. The summed E-state index contributed by atoms with van der Waals surface area (Å²) in [6.07, 6.45) is 0.278. The van der Waals surface area contributed by atoms with Crippen molar-refractivity contribution in [2.45, 2.75) is 20.3 Å². The third kappa shape index (κ3) is 55.7. The lowest BCUT2D eigenvalue weighted by Gasteiger charge is -1.94. The van der Waals surface area contributed by atoms with E-state index in [1.165, 1.54) is 0 Å². The average Bonchev–Trinajstić information content (AvgIpc) is 1.52. The first-order valence-corrected chi connectivity index (χ1v) is 5.03. The van der Waals surface area contributed by atoms with Gasteiger partial charge < -0.3 is 24.3 Å². The van der Waals surface area contributed by atoms with Crippen LogP contribution in [0.3, 0.4) is 0 Å². The minimum Gasteiger partial charge on any atom is -0.481 e. The average molecular weight is 198 g/mol. The van der Waals surface area contributed by atoms with E-state index in [0.717, 1.165) is 0 Å². The lowest BCUT2D eigenvalue weighted by Crippen LogP contribution is -2.33. The number of aliphatic carboxylic acids is 1. The van der Waals surface area contributed by atoms with E-state index in [4.69, 9.17) is 24.3 Å². The highest BCUT2D eigenvalue weighted by molar-refractivity contribution is 6.46. The van der Waals surface area contributed by atoms with Crippen molar-refractivity contribution in [2.75, 3.05) is 0 Å². The number of carboxylic acid groups (broad SMARTS) is 1. The van der Waals surface area contributed by atoms with Gasteiger partial charge in [0.25, 0.3) is 0 Å². The molecule has 0 aromatic heterocycles. The van der Waals surface area contributed by atoms with Gasteiger partial charge in [-0.05, 0) is 5.92 Å². The Morgan fingerprint density at radius 1 is 1.25 bits per heavy atom. The van der Waals surface area contributed by atoms with Crippen molar-refractivity contribution in [3.05, 3.63) is 0 Å². The van der Waals surface area contributed by atoms with Crippen LogP contribution in [-0.4, -0.2) is 39.3 Å². The molecule has 0 saturated carbocycles. The maximum atomic E-state index is 9.81. The molecule has 0 spiro atoms. The topological polar surface area (TPSA) is 118 Å². The molecule has 0 atom stereocenters. The first-order valence-electron chi connectivity index (χ1n) is 3.24. The van der Waals surface area contributed by atoms with Gasteiger partial charge in [-0.2, -0.15) is 0 Å². The van der Waals surface area contributed by atoms with Crippen LogP contribution in [0.25, 0.3) is 0 Å². The van der Waals surface area contributed by atoms with Gasteiger partial charge in [0.15, 0.2) is 0 Å². The number of carboxylic acids is 1. The number of hydrogen-bond donors (Lipinski definition) is 5. The van der Waals surface area contributed by atoms with E-state index in [9.17, 15) is 4.79 Å². The second-order valence-electron chi connectivity index (χ2n) is 2.59. The highest BCUT2D eigenvalue weighted by Crippen LogP contribution is 1.96. The third-order valence-corrected chi connectivity index (χ3v) is 0.583. The Labute approximate surface area is 71.2 Å². The molecule has 0 radical (unpaired) electrons. The molecule has 0 unspecified atom stereocenters. The van der Waals surface area contributed by atoms with Gasteiger partial charge in [-0.15, -0.1) is 0 Å². The lowest BCUT2D eigenvalue weighted by atomic mass is 10.1. The van der Waals surface area contributed by atoms with Crippen molar-refractivity contribution in [3.8, 4) is 0 Å². The molecule has 0 fully saturated rings. The van der Waals surface area contributed by atoms with Crippen LogP contribution < -0.4 is 0 Å². The van der Waals surface area contributed by atoms with E-state index in [1.54, 1.807) is 0 Å². The molecular formula is C5H14O6Si. The molecule has 0 aliphatic heterocycles. The van der Waals surface area contributed by atoms with Crippen LogP contribution in [0.15, 0.2) is 0 Å². The standard InChI is InChI=1S/C5H10O2.H4O4Si/c1-4(2)3-5(6)7;1-5(2,3)4/h4H,3H2,1-2H3,(H,6,7);1-4H. The molecule has 0 saturated heterocycles. The molecule has 74 valence electrons. The van der Waals surface area contributed by atoms with Gasteiger partial charge in [0.05, 0.1) is 0 Å². The fourth-order valence-electron chi connectivity index (χ4n) is 0.349. The molecule has 5 N–H and O–H groups in total. The van der Waals surface area contributed by atoms with Crippen LogP contribution in [0.1, 0.15) is 20.3 Å². The van der Waals surface area contributed by atoms with Gasteiger partial charge in [-0.25, -0.2) is 0 Å². The van der Waals surface area contributed by atoms with Crippen LogP contribution in [0.4, 0.5) is 0 Å². The molecule has 6 nitrogen and oxygen atoms in total. The molecule has 0 rings (SSSR count). The summed E-state index contributed by atoms with van der Waals surface area (Å²) in [7, 11) is -4.61. The molecule has 0 bridgehead atoms. The van der Waals surface area contributed by atoms with Crippen molar-refractivity contribution in [3.63, 3.8) is 0 Å². The van der Waals surface area contributed by atoms with Crippen LogP contribution >= 0.6 is 0 Å². The minimum absolute atomic E-state index is 0.275. The van der Waals surface area contributed by atoms with Crippen LogP contribution in [-0.2, 0) is 4.79 Å². The Morgan fingerprint density at radius 2 is 1.50 bits per heavy atom. The zero-order chi connectivity index (χ0) is 10.4. The summed E-state index contributed by atoms with van der Waals surface area (Å²) in [5.41, 5.74) is 0. The molecule has 0 aromatic rings. The predicted molar refractivity (Wildman–Crippen MR) is 41.7 cm³/mol. The van der Waals surface area contributed by atoms with E-state index in [0.29, 0.717) is 0 Å². The molecule has 0 heterocycles. The van der Waals surface area contributed by atoms with Crippen molar-refractivity contribution in [2.24, 2.45) is 5.92 Å². The number of hydrogen-bond acceptors (Lipinski definition) is 5. The third-order valence-electron chi connectivity index (χ3n) is 0.583. The zero-order valence-electron chi connectivity index (χ0n) is 6.93. The van der Waals surface area contributed by atoms with Gasteiger partial charge in [0.2, 0.25) is 0 Å². The number of rotatable bonds is 2. The summed E-state index contributed by atoms with van der Waals surface area (Å²) in [6, 6.07) is 0. The maximum absolute atomic E-state index is 9.81. The van der Waals surface area contributed by atoms with Crippen LogP contribution in [0.2, 0.25) is 0 Å². The summed E-state index contributed by atoms with van der Waals surface area (Å²) >= 11 is 0. The van der Waals surface area contributed by atoms with Crippen molar-refractivity contribution < 1.29 is 29.1 Å². The Hall–Kier alpha value is -0.473. The normalized spacial score (nSPS) is 10.6. The first-order chi connectivity index (χ1) is 5.13. The Morgan fingerprint density at radius 3 is 1.50 bits per heavy atom. The summed E-state index contributed by atoms with van der Waals surface area (Å²) in [4.78, 5) is 39.1. The zero-order valence-corrected chi connectivity index (χ0v) is 7.93. The van der Waals surface area contributed by atoms with Gasteiger partial charge in [-0.1, -0.05) is 13.8 Å². The molecule has 0 aliphatic rings. The SMILES string of the molecule is CC(C)CC(=O)O.O[Si](O)(O)O. The van der Waals surface area contributed by atoms with E-state index in [-0.39, 0.29) is 12.3 Å². The van der Waals surface area contributed by atoms with Crippen molar-refractivity contribution in [1.82, 2.24) is 0 Å². The van der Waals surface area contributed by atoms with Gasteiger partial charge in [0, 0.05) is 6.42 Å². The van der Waals surface area contributed by atoms with Gasteiger partial charge in [-0.3, -0.25) is 4.79 Å². The second-order valence-corrected chi connectivity index (χ2v) is 3.79. The highest BCUT2D eigenvalue weighted by Gasteiger charge is 2.22. The van der Waals surface area contributed by atoms with E-state index < -0.39 is 15.0 Å². The summed E-state index contributed by atoms with van der Waals surface area (Å²) in [5, 5.41) is 8.08. The smallest absolute Gasteiger partial charge is 0.481 e. The quantitative estimate of drug-likeness (QED) is 0.345. The first kappa shape index (κ1) is 14.1. The predicted octanol–water partition coefficient (Wildman–Crippen LogP) is -1.49. The van der Waals surface area contributed by atoms with Crippen molar-refractivity contribution in [1.29, 1.82) is 0 Å². The summed E-state index contributed by atoms with van der Waals surface area (Å²) in [5.74, 6) is -0.438. The van der Waals surface area contributed by atoms with Crippen LogP contribution in [0, 0.1) is 5.92 Å². The Kier molecular flexibility index (Phi) is 7.14. The van der Waals surface area contributed by atoms with E-state index in [1.807, 2.05) is 13.8 Å². The fraction of sp³-hybridized carbons (Fsp3) is 0.800. The van der Waals surface area contributed by atoms with Crippen LogP contribution in [0.5, 0.6) is 0 Å². The molecule has 12 heavy (non-hydrogen) atoms. The summed E-state index contributed by atoms with van der Waals surface area (Å²) in [6.45, 7) is 3.77.